The summed E-state index contributed by atoms with van der Waals surface area (Å²) in [5, 5.41) is 21.6. The molecule has 0 aromatic carbocycles. The van der Waals surface area contributed by atoms with Crippen molar-refractivity contribution in [3.05, 3.63) is 47.6 Å². The van der Waals surface area contributed by atoms with E-state index in [1.54, 1.807) is 12.2 Å². The Morgan fingerprint density at radius 2 is 2.09 bits per heavy atom. The summed E-state index contributed by atoms with van der Waals surface area (Å²) >= 11 is 0. The topological polar surface area (TPSA) is 93.1 Å². The average Bonchev–Trinajstić information content (AvgIpc) is 3.30. The van der Waals surface area contributed by atoms with Crippen LogP contribution in [0, 0.1) is 28.6 Å². The number of Topliss-reactive ketones (excluding diaryl/α,β-unsaturated/α-hetero) is 1. The van der Waals surface area contributed by atoms with Crippen LogP contribution in [0.3, 0.4) is 0 Å². The molecule has 5 aliphatic rings. The van der Waals surface area contributed by atoms with Crippen LogP contribution in [0.4, 0.5) is 0 Å². The third kappa shape index (κ3) is 3.01. The highest BCUT2D eigenvalue weighted by molar-refractivity contribution is 6.01. The fourth-order valence-corrected chi connectivity index (χ4v) is 8.21. The summed E-state index contributed by atoms with van der Waals surface area (Å²) in [6.07, 6.45) is 12.0. The number of hydrogen-bond donors (Lipinski definition) is 2. The molecular formula is C28H36O6. The van der Waals surface area contributed by atoms with Gasteiger partial charge in [-0.1, -0.05) is 43.7 Å². The van der Waals surface area contributed by atoms with Crippen molar-refractivity contribution in [3.8, 4) is 0 Å². The van der Waals surface area contributed by atoms with E-state index < -0.39 is 36.1 Å². The molecule has 9 atom stereocenters. The molecule has 0 aromatic heterocycles. The quantitative estimate of drug-likeness (QED) is 0.614. The fraction of sp³-hybridized carbons (Fsp3) is 0.643. The molecule has 0 aromatic rings. The van der Waals surface area contributed by atoms with Crippen LogP contribution in [-0.2, 0) is 19.1 Å². The Labute approximate surface area is 201 Å². The maximum atomic E-state index is 13.4. The van der Waals surface area contributed by atoms with Crippen LogP contribution < -0.4 is 0 Å². The van der Waals surface area contributed by atoms with Crippen LogP contribution in [0.5, 0.6) is 0 Å². The van der Waals surface area contributed by atoms with Crippen molar-refractivity contribution in [1.29, 1.82) is 0 Å². The summed E-state index contributed by atoms with van der Waals surface area (Å²) in [4.78, 5) is 25.5. The van der Waals surface area contributed by atoms with Gasteiger partial charge in [-0.25, -0.2) is 0 Å². The number of hydrogen-bond acceptors (Lipinski definition) is 6. The van der Waals surface area contributed by atoms with E-state index in [0.717, 1.165) is 24.0 Å². The third-order valence-electron chi connectivity index (χ3n) is 9.72. The summed E-state index contributed by atoms with van der Waals surface area (Å²) < 4.78 is 12.9. The third-order valence-corrected chi connectivity index (χ3v) is 9.72. The Morgan fingerprint density at radius 3 is 2.79 bits per heavy atom. The van der Waals surface area contributed by atoms with Crippen molar-refractivity contribution in [2.45, 2.75) is 77.5 Å². The molecule has 5 rings (SSSR count). The van der Waals surface area contributed by atoms with Crippen molar-refractivity contribution in [2.75, 3.05) is 6.61 Å². The minimum absolute atomic E-state index is 0.0122. The van der Waals surface area contributed by atoms with Gasteiger partial charge in [0.2, 0.25) is 0 Å². The van der Waals surface area contributed by atoms with E-state index in [9.17, 15) is 19.8 Å². The Hall–Kier alpha value is -1.86. The van der Waals surface area contributed by atoms with Gasteiger partial charge in [0.15, 0.2) is 23.5 Å². The first kappa shape index (κ1) is 23.9. The first-order chi connectivity index (χ1) is 16.1. The normalized spacial score (nSPS) is 47.8. The number of aliphatic hydroxyl groups is 2. The van der Waals surface area contributed by atoms with Gasteiger partial charge in [-0.2, -0.15) is 0 Å². The van der Waals surface area contributed by atoms with Gasteiger partial charge < -0.3 is 19.7 Å². The smallest absolute Gasteiger partial charge is 0.193 e. The summed E-state index contributed by atoms with van der Waals surface area (Å²) in [5.41, 5.74) is -0.368. The second kappa shape index (κ2) is 8.09. The van der Waals surface area contributed by atoms with Gasteiger partial charge in [-0.3, -0.25) is 9.59 Å². The minimum atomic E-state index is -1.29. The number of allylic oxidation sites excluding steroid dienone is 7. The summed E-state index contributed by atoms with van der Waals surface area (Å²) in [6.45, 7) is 7.41. The molecule has 2 N–H and O–H groups in total. The molecular weight excluding hydrogens is 432 g/mol. The molecule has 1 heterocycles. The zero-order valence-electron chi connectivity index (χ0n) is 20.5. The second-order valence-corrected chi connectivity index (χ2v) is 11.3. The van der Waals surface area contributed by atoms with Crippen LogP contribution in [0.1, 0.15) is 53.4 Å². The molecule has 6 heteroatoms. The Kier molecular flexibility index (Phi) is 5.68. The maximum Gasteiger partial charge on any atom is 0.193 e. The lowest BCUT2D eigenvalue weighted by Crippen LogP contribution is -2.63. The Balaban J connectivity index is 1.54. The van der Waals surface area contributed by atoms with Gasteiger partial charge in [0, 0.05) is 16.7 Å². The first-order valence-corrected chi connectivity index (χ1v) is 12.5. The Bertz CT molecular complexity index is 1020. The van der Waals surface area contributed by atoms with Gasteiger partial charge in [0.1, 0.15) is 6.61 Å². The molecule has 0 radical (unpaired) electrons. The molecule has 34 heavy (non-hydrogen) atoms. The molecule has 184 valence electrons. The van der Waals surface area contributed by atoms with E-state index in [4.69, 9.17) is 9.47 Å². The molecule has 4 fully saturated rings. The number of aliphatic hydroxyl groups excluding tert-OH is 2. The van der Waals surface area contributed by atoms with Gasteiger partial charge in [-0.15, -0.1) is 0 Å². The predicted molar refractivity (Wildman–Crippen MR) is 127 cm³/mol. The average molecular weight is 469 g/mol. The summed E-state index contributed by atoms with van der Waals surface area (Å²) in [6, 6.07) is 0. The van der Waals surface area contributed by atoms with E-state index >= 15 is 0 Å². The molecule has 1 saturated heterocycles. The van der Waals surface area contributed by atoms with Gasteiger partial charge in [0.05, 0.1) is 12.2 Å². The number of rotatable bonds is 4. The number of carbonyl (C=O) groups excluding carboxylic acids is 2. The van der Waals surface area contributed by atoms with E-state index in [2.05, 4.69) is 13.8 Å². The van der Waals surface area contributed by atoms with Gasteiger partial charge in [0.25, 0.3) is 0 Å². The Morgan fingerprint density at radius 1 is 1.32 bits per heavy atom. The van der Waals surface area contributed by atoms with Crippen molar-refractivity contribution in [1.82, 2.24) is 0 Å². The lowest BCUT2D eigenvalue weighted by Gasteiger charge is -2.59. The fourth-order valence-electron chi connectivity index (χ4n) is 8.21. The maximum absolute atomic E-state index is 13.4. The van der Waals surface area contributed by atoms with Crippen LogP contribution in [-0.4, -0.2) is 52.5 Å². The zero-order chi connectivity index (χ0) is 24.5. The van der Waals surface area contributed by atoms with Crippen LogP contribution in [0.15, 0.2) is 47.6 Å². The molecule has 0 unspecified atom stereocenters. The van der Waals surface area contributed by atoms with Gasteiger partial charge >= 0.3 is 0 Å². The number of carbonyl (C=O) groups is 2. The van der Waals surface area contributed by atoms with Crippen LogP contribution >= 0.6 is 0 Å². The highest BCUT2D eigenvalue weighted by Gasteiger charge is 2.75. The van der Waals surface area contributed by atoms with Crippen molar-refractivity contribution in [3.63, 3.8) is 0 Å². The molecule has 0 bridgehead atoms. The largest absolute Gasteiger partial charge is 0.393 e. The van der Waals surface area contributed by atoms with Gasteiger partial charge in [-0.05, 0) is 69.1 Å². The summed E-state index contributed by atoms with van der Waals surface area (Å²) in [7, 11) is 0. The standard InChI is InChI=1S/C28H36O6/c1-5-6-7-16(2)25-33-23-13-20-19-9-8-17-12-18(30)10-11-26(17,3)24(19)21(31)14-27(20,4)28(23,34-25)22(32)15-29/h5-7,10-12,19-21,23-25,29,31H,8-9,13-15H2,1-4H3/b6-5-,16-7+/t19-,20-,21-,23+,24+,25+,26-,27-,28+/m0/s1. The first-order valence-electron chi connectivity index (χ1n) is 12.5. The number of ether oxygens (including phenoxy) is 2. The van der Waals surface area contributed by atoms with Crippen LogP contribution in [0.2, 0.25) is 0 Å². The minimum Gasteiger partial charge on any atom is -0.393 e. The van der Waals surface area contributed by atoms with E-state index in [0.29, 0.717) is 12.8 Å². The van der Waals surface area contributed by atoms with E-state index in [-0.39, 0.29) is 34.7 Å². The highest BCUT2D eigenvalue weighted by atomic mass is 16.7. The molecule has 4 aliphatic carbocycles. The molecule has 0 amide bonds. The molecule has 1 aliphatic heterocycles. The number of fused-ring (bicyclic) bond motifs is 7. The predicted octanol–water partition coefficient (Wildman–Crippen LogP) is 3.44. The van der Waals surface area contributed by atoms with Crippen molar-refractivity contribution >= 4 is 11.6 Å². The van der Waals surface area contributed by atoms with Crippen molar-refractivity contribution in [2.24, 2.45) is 28.6 Å². The lowest BCUT2D eigenvalue weighted by molar-refractivity contribution is -0.194. The van der Waals surface area contributed by atoms with Crippen LogP contribution in [0.25, 0.3) is 0 Å². The highest BCUT2D eigenvalue weighted by Crippen LogP contribution is 2.69. The van der Waals surface area contributed by atoms with Crippen molar-refractivity contribution < 1.29 is 29.3 Å². The van der Waals surface area contributed by atoms with E-state index in [1.165, 1.54) is 0 Å². The summed E-state index contributed by atoms with van der Waals surface area (Å²) in [5.74, 6) is -0.125. The zero-order valence-corrected chi connectivity index (χ0v) is 20.5. The molecule has 0 spiro atoms. The second-order valence-electron chi connectivity index (χ2n) is 11.3. The monoisotopic (exact) mass is 468 g/mol. The lowest BCUT2D eigenvalue weighted by atomic mass is 9.46. The van der Waals surface area contributed by atoms with E-state index in [1.807, 2.05) is 38.2 Å². The molecule has 3 saturated carbocycles. The SMILES string of the molecule is C/C=C\C=C(/C)[C@@H]1O[C@@H]2C[C@H]3[C@@H]4CCC5=CC(=O)C=C[C@]5(C)[C@H]4[C@@H](O)C[C@]3(C)[C@]2(C(=O)CO)O1. The molecule has 6 nitrogen and oxygen atoms in total. The number of ketones is 2.